The molecule has 2 amide bonds. The second-order valence-electron chi connectivity index (χ2n) is 6.21. The highest BCUT2D eigenvalue weighted by molar-refractivity contribution is 6.32. The molecule has 0 saturated carbocycles. The smallest absolute Gasteiger partial charge is 0.305 e. The summed E-state index contributed by atoms with van der Waals surface area (Å²) in [6.07, 6.45) is 0. The van der Waals surface area contributed by atoms with E-state index in [4.69, 9.17) is 21.1 Å². The van der Waals surface area contributed by atoms with Crippen LogP contribution in [0.3, 0.4) is 0 Å². The first-order valence-corrected chi connectivity index (χ1v) is 9.69. The molecule has 2 rings (SSSR count). The molecule has 0 radical (unpaired) electrons. The zero-order chi connectivity index (χ0) is 23.0. The van der Waals surface area contributed by atoms with Gasteiger partial charge in [-0.3, -0.25) is 19.7 Å². The predicted molar refractivity (Wildman–Crippen MR) is 112 cm³/mol. The number of ether oxygens (including phenoxy) is 2. The number of nitrogens with zero attached hydrogens (tertiary/aromatic N) is 2. The molecule has 166 valence electrons. The Labute approximate surface area is 182 Å². The van der Waals surface area contributed by atoms with Crippen LogP contribution in [0.25, 0.3) is 0 Å². The lowest BCUT2D eigenvalue weighted by Crippen LogP contribution is -2.34. The van der Waals surface area contributed by atoms with Crippen LogP contribution in [0.1, 0.15) is 13.8 Å². The Balaban J connectivity index is 1.89. The maximum atomic E-state index is 13.6. The number of nitro benzene ring substituents is 1. The van der Waals surface area contributed by atoms with Gasteiger partial charge in [0.25, 0.3) is 11.8 Å². The van der Waals surface area contributed by atoms with Crippen LogP contribution < -0.4 is 14.8 Å². The minimum atomic E-state index is -1.07. The summed E-state index contributed by atoms with van der Waals surface area (Å²) in [7, 11) is 0. The van der Waals surface area contributed by atoms with E-state index >= 15 is 0 Å². The molecule has 2 aromatic rings. The van der Waals surface area contributed by atoms with Crippen LogP contribution in [0, 0.1) is 15.9 Å². The zero-order valence-corrected chi connectivity index (χ0v) is 17.6. The minimum absolute atomic E-state index is 0.0297. The number of likely N-dealkylation sites (N-methyl/N-ethyl adjacent to an activating group) is 1. The van der Waals surface area contributed by atoms with Crippen molar-refractivity contribution in [2.45, 2.75) is 13.8 Å². The van der Waals surface area contributed by atoms with E-state index in [9.17, 15) is 24.1 Å². The van der Waals surface area contributed by atoms with Gasteiger partial charge in [0.1, 0.15) is 11.5 Å². The molecule has 0 atom stereocenters. The van der Waals surface area contributed by atoms with Crippen molar-refractivity contribution in [2.75, 3.05) is 31.6 Å². The van der Waals surface area contributed by atoms with Gasteiger partial charge in [0.05, 0.1) is 9.95 Å². The molecule has 11 heteroatoms. The molecule has 0 saturated heterocycles. The fourth-order valence-electron chi connectivity index (χ4n) is 2.57. The number of hydrogen-bond donors (Lipinski definition) is 1. The van der Waals surface area contributed by atoms with Crippen molar-refractivity contribution >= 4 is 34.8 Å². The molecule has 1 N–H and O–H groups in total. The normalized spacial score (nSPS) is 10.3. The van der Waals surface area contributed by atoms with Crippen LogP contribution in [0.2, 0.25) is 5.02 Å². The number of carbonyl (C=O) groups excluding carboxylic acids is 2. The van der Waals surface area contributed by atoms with Gasteiger partial charge in [0.15, 0.2) is 13.2 Å². The van der Waals surface area contributed by atoms with Gasteiger partial charge in [-0.05, 0) is 38.1 Å². The molecule has 0 spiro atoms. The van der Waals surface area contributed by atoms with Crippen molar-refractivity contribution in [3.8, 4) is 11.5 Å². The average Bonchev–Trinajstić information content (AvgIpc) is 2.72. The summed E-state index contributed by atoms with van der Waals surface area (Å²) < 4.78 is 24.2. The third-order valence-electron chi connectivity index (χ3n) is 4.17. The van der Waals surface area contributed by atoms with Crippen LogP contribution in [0.4, 0.5) is 15.8 Å². The third-order valence-corrected chi connectivity index (χ3v) is 4.46. The topological polar surface area (TPSA) is 111 Å². The van der Waals surface area contributed by atoms with Crippen LogP contribution in [-0.2, 0) is 9.59 Å². The Bertz CT molecular complexity index is 968. The molecule has 0 aliphatic rings. The van der Waals surface area contributed by atoms with Gasteiger partial charge >= 0.3 is 5.69 Å². The van der Waals surface area contributed by atoms with E-state index in [1.807, 2.05) is 13.8 Å². The minimum Gasteiger partial charge on any atom is -0.484 e. The Morgan fingerprint density at radius 1 is 1.13 bits per heavy atom. The molecular formula is C20H21ClFN3O6. The summed E-state index contributed by atoms with van der Waals surface area (Å²) in [6, 6.07) is 7.46. The molecule has 0 fully saturated rings. The number of anilines is 1. The van der Waals surface area contributed by atoms with E-state index in [2.05, 4.69) is 5.32 Å². The Kier molecular flexibility index (Phi) is 8.56. The molecular weight excluding hydrogens is 433 g/mol. The molecule has 0 unspecified atom stereocenters. The largest absolute Gasteiger partial charge is 0.484 e. The molecule has 0 heterocycles. The van der Waals surface area contributed by atoms with E-state index in [1.165, 1.54) is 24.3 Å². The van der Waals surface area contributed by atoms with Crippen LogP contribution >= 0.6 is 11.6 Å². The number of hydrogen-bond acceptors (Lipinski definition) is 6. The monoisotopic (exact) mass is 453 g/mol. The van der Waals surface area contributed by atoms with E-state index in [1.54, 1.807) is 4.90 Å². The Morgan fingerprint density at radius 2 is 1.84 bits per heavy atom. The molecule has 0 aromatic heterocycles. The first-order chi connectivity index (χ1) is 14.7. The summed E-state index contributed by atoms with van der Waals surface area (Å²) >= 11 is 6.15. The maximum absolute atomic E-state index is 13.6. The van der Waals surface area contributed by atoms with Gasteiger partial charge in [-0.2, -0.15) is 4.39 Å². The van der Waals surface area contributed by atoms with Gasteiger partial charge in [0.2, 0.25) is 5.82 Å². The van der Waals surface area contributed by atoms with E-state index < -0.39 is 28.9 Å². The standard InChI is InChI=1S/C20H21ClFN3O6/c1-3-24(4-2)20(27)12-31-18-8-5-13(9-15(18)21)23-19(26)11-30-14-6-7-17(25(28)29)16(22)10-14/h5-10H,3-4,11-12H2,1-2H3,(H,23,26). The summed E-state index contributed by atoms with van der Waals surface area (Å²) in [5.41, 5.74) is -0.330. The number of nitrogens with one attached hydrogen (secondary N) is 1. The van der Waals surface area contributed by atoms with E-state index in [0.717, 1.165) is 12.1 Å². The molecule has 0 aliphatic carbocycles. The van der Waals surface area contributed by atoms with Crippen molar-refractivity contribution in [3.63, 3.8) is 0 Å². The fourth-order valence-corrected chi connectivity index (χ4v) is 2.81. The van der Waals surface area contributed by atoms with Crippen molar-refractivity contribution in [1.82, 2.24) is 4.90 Å². The van der Waals surface area contributed by atoms with Gasteiger partial charge < -0.3 is 19.7 Å². The lowest BCUT2D eigenvalue weighted by atomic mass is 10.3. The van der Waals surface area contributed by atoms with Crippen LogP contribution in [0.5, 0.6) is 11.5 Å². The number of benzene rings is 2. The molecule has 2 aromatic carbocycles. The summed E-state index contributed by atoms with van der Waals surface area (Å²) in [4.78, 5) is 35.4. The van der Waals surface area contributed by atoms with Crippen molar-refractivity contribution in [3.05, 3.63) is 57.4 Å². The maximum Gasteiger partial charge on any atom is 0.305 e. The number of amides is 2. The zero-order valence-electron chi connectivity index (χ0n) is 16.9. The first kappa shape index (κ1) is 23.9. The summed E-state index contributed by atoms with van der Waals surface area (Å²) in [6.45, 7) is 4.28. The average molecular weight is 454 g/mol. The van der Waals surface area contributed by atoms with E-state index in [-0.39, 0.29) is 29.0 Å². The highest BCUT2D eigenvalue weighted by Crippen LogP contribution is 2.28. The lowest BCUT2D eigenvalue weighted by Gasteiger charge is -2.19. The van der Waals surface area contributed by atoms with Crippen molar-refractivity contribution in [1.29, 1.82) is 0 Å². The third kappa shape index (κ3) is 6.82. The number of carbonyl (C=O) groups is 2. The second-order valence-corrected chi connectivity index (χ2v) is 6.61. The first-order valence-electron chi connectivity index (χ1n) is 9.31. The molecule has 0 aliphatic heterocycles. The highest BCUT2D eigenvalue weighted by atomic mass is 35.5. The van der Waals surface area contributed by atoms with Crippen LogP contribution in [0.15, 0.2) is 36.4 Å². The number of nitro groups is 1. The fraction of sp³-hybridized carbons (Fsp3) is 0.300. The highest BCUT2D eigenvalue weighted by Gasteiger charge is 2.15. The van der Waals surface area contributed by atoms with Crippen molar-refractivity contribution < 1.29 is 28.4 Å². The summed E-state index contributed by atoms with van der Waals surface area (Å²) in [5.74, 6) is -1.53. The number of rotatable bonds is 10. The van der Waals surface area contributed by atoms with Crippen molar-refractivity contribution in [2.24, 2.45) is 0 Å². The van der Waals surface area contributed by atoms with Gasteiger partial charge in [-0.1, -0.05) is 11.6 Å². The second kappa shape index (κ2) is 11.1. The predicted octanol–water partition coefficient (Wildman–Crippen LogP) is 3.65. The molecule has 0 bridgehead atoms. The number of halogens is 2. The van der Waals surface area contributed by atoms with Gasteiger partial charge in [-0.25, -0.2) is 0 Å². The van der Waals surface area contributed by atoms with Crippen LogP contribution in [-0.4, -0.2) is 47.9 Å². The molecule has 9 nitrogen and oxygen atoms in total. The van der Waals surface area contributed by atoms with Gasteiger partial charge in [0, 0.05) is 30.9 Å². The molecule has 31 heavy (non-hydrogen) atoms. The SMILES string of the molecule is CCN(CC)C(=O)COc1ccc(NC(=O)COc2ccc([N+](=O)[O-])c(F)c2)cc1Cl. The lowest BCUT2D eigenvalue weighted by molar-refractivity contribution is -0.387. The quantitative estimate of drug-likeness (QED) is 0.434. The summed E-state index contributed by atoms with van der Waals surface area (Å²) in [5, 5.41) is 13.4. The Morgan fingerprint density at radius 3 is 2.42 bits per heavy atom. The Hall–Kier alpha value is -3.40. The van der Waals surface area contributed by atoms with Gasteiger partial charge in [-0.15, -0.1) is 0 Å². The van der Waals surface area contributed by atoms with E-state index in [0.29, 0.717) is 18.8 Å².